The first-order valence-electron chi connectivity index (χ1n) is 7.20. The van der Waals surface area contributed by atoms with Gasteiger partial charge in [-0.1, -0.05) is 18.5 Å². The summed E-state index contributed by atoms with van der Waals surface area (Å²) in [4.78, 5) is 16.5. The zero-order valence-corrected chi connectivity index (χ0v) is 13.2. The molecule has 6 nitrogen and oxygen atoms in total. The lowest BCUT2D eigenvalue weighted by molar-refractivity contribution is 0.0895. The fraction of sp³-hybridized carbons (Fsp3) is 0.188. The first-order valence-corrected chi connectivity index (χ1v) is 7.57. The lowest BCUT2D eigenvalue weighted by Gasteiger charge is -2.04. The number of furan rings is 1. The van der Waals surface area contributed by atoms with Crippen LogP contribution in [0.15, 0.2) is 47.1 Å². The standard InChI is InChI=1S/C16H15ClN4O2/c1-2-14(22)21-16(18-10-13-4-3-9-23-13)19-15(20-21)11-5-7-12(17)8-6-11/h3-9H,2,10H2,1H3,(H,18,19,20). The average Bonchev–Trinajstić information content (AvgIpc) is 3.22. The second-order valence-corrected chi connectivity index (χ2v) is 5.29. The smallest absolute Gasteiger partial charge is 0.249 e. The fourth-order valence-corrected chi connectivity index (χ4v) is 2.18. The van der Waals surface area contributed by atoms with Crippen molar-refractivity contribution in [2.45, 2.75) is 19.9 Å². The van der Waals surface area contributed by atoms with E-state index < -0.39 is 0 Å². The molecule has 3 aromatic rings. The Hall–Kier alpha value is -2.60. The van der Waals surface area contributed by atoms with Crippen LogP contribution in [-0.2, 0) is 6.54 Å². The number of nitrogens with zero attached hydrogens (tertiary/aromatic N) is 3. The van der Waals surface area contributed by atoms with E-state index >= 15 is 0 Å². The lowest BCUT2D eigenvalue weighted by atomic mass is 10.2. The summed E-state index contributed by atoms with van der Waals surface area (Å²) >= 11 is 5.89. The van der Waals surface area contributed by atoms with E-state index in [2.05, 4.69) is 15.4 Å². The molecule has 1 N–H and O–H groups in total. The van der Waals surface area contributed by atoms with Gasteiger partial charge >= 0.3 is 0 Å². The van der Waals surface area contributed by atoms with E-state index in [1.165, 1.54) is 4.68 Å². The molecular weight excluding hydrogens is 316 g/mol. The van der Waals surface area contributed by atoms with Crippen molar-refractivity contribution in [2.75, 3.05) is 5.32 Å². The number of anilines is 1. The van der Waals surface area contributed by atoms with E-state index in [0.29, 0.717) is 29.8 Å². The molecule has 0 aliphatic heterocycles. The van der Waals surface area contributed by atoms with Crippen LogP contribution in [0.5, 0.6) is 0 Å². The van der Waals surface area contributed by atoms with Crippen molar-refractivity contribution in [3.8, 4) is 11.4 Å². The summed E-state index contributed by atoms with van der Waals surface area (Å²) in [6.07, 6.45) is 1.93. The number of hydrogen-bond donors (Lipinski definition) is 1. The summed E-state index contributed by atoms with van der Waals surface area (Å²) in [5.74, 6) is 1.46. The third-order valence-corrected chi connectivity index (χ3v) is 3.50. The summed E-state index contributed by atoms with van der Waals surface area (Å²) in [5.41, 5.74) is 0.790. The minimum absolute atomic E-state index is 0.139. The Morgan fingerprint density at radius 3 is 2.74 bits per heavy atom. The van der Waals surface area contributed by atoms with Gasteiger partial charge in [-0.15, -0.1) is 5.10 Å². The van der Waals surface area contributed by atoms with Crippen LogP contribution < -0.4 is 5.32 Å². The lowest BCUT2D eigenvalue weighted by Crippen LogP contribution is -2.15. The number of aromatic nitrogens is 3. The van der Waals surface area contributed by atoms with Gasteiger partial charge in [-0.25, -0.2) is 0 Å². The molecule has 0 aliphatic rings. The summed E-state index contributed by atoms with van der Waals surface area (Å²) in [7, 11) is 0. The molecule has 1 aromatic carbocycles. The van der Waals surface area contributed by atoms with Crippen LogP contribution in [-0.4, -0.2) is 20.7 Å². The van der Waals surface area contributed by atoms with Gasteiger partial charge in [-0.05, 0) is 36.4 Å². The third-order valence-electron chi connectivity index (χ3n) is 3.25. The van der Waals surface area contributed by atoms with Crippen molar-refractivity contribution in [1.82, 2.24) is 14.8 Å². The van der Waals surface area contributed by atoms with Crippen molar-refractivity contribution in [3.05, 3.63) is 53.4 Å². The third kappa shape index (κ3) is 3.43. The Bertz CT molecular complexity index is 794. The molecule has 0 aliphatic carbocycles. The van der Waals surface area contributed by atoms with Crippen LogP contribution in [0.4, 0.5) is 5.95 Å². The predicted octanol–water partition coefficient (Wildman–Crippen LogP) is 3.85. The number of hydrogen-bond acceptors (Lipinski definition) is 5. The van der Waals surface area contributed by atoms with E-state index in [4.69, 9.17) is 16.0 Å². The summed E-state index contributed by atoms with van der Waals surface area (Å²) in [6.45, 7) is 2.20. The van der Waals surface area contributed by atoms with Gasteiger partial charge in [0.05, 0.1) is 12.8 Å². The molecule has 0 fully saturated rings. The second-order valence-electron chi connectivity index (χ2n) is 4.86. The molecule has 0 saturated carbocycles. The minimum Gasteiger partial charge on any atom is -0.467 e. The highest BCUT2D eigenvalue weighted by Crippen LogP contribution is 2.21. The largest absolute Gasteiger partial charge is 0.467 e. The highest BCUT2D eigenvalue weighted by atomic mass is 35.5. The van der Waals surface area contributed by atoms with Crippen molar-refractivity contribution in [2.24, 2.45) is 0 Å². The van der Waals surface area contributed by atoms with Crippen molar-refractivity contribution >= 4 is 23.5 Å². The summed E-state index contributed by atoms with van der Waals surface area (Å²) in [5, 5.41) is 8.02. The number of carbonyl (C=O) groups is 1. The van der Waals surface area contributed by atoms with Gasteiger partial charge in [0, 0.05) is 17.0 Å². The maximum Gasteiger partial charge on any atom is 0.249 e. The van der Waals surface area contributed by atoms with Crippen LogP contribution in [0.1, 0.15) is 23.9 Å². The molecule has 0 radical (unpaired) electrons. The number of rotatable bonds is 5. The van der Waals surface area contributed by atoms with Crippen molar-refractivity contribution in [1.29, 1.82) is 0 Å². The van der Waals surface area contributed by atoms with Gasteiger partial charge in [-0.2, -0.15) is 9.67 Å². The molecule has 7 heteroatoms. The molecule has 23 heavy (non-hydrogen) atoms. The molecule has 2 aromatic heterocycles. The van der Waals surface area contributed by atoms with Crippen molar-refractivity contribution in [3.63, 3.8) is 0 Å². The van der Waals surface area contributed by atoms with Gasteiger partial charge in [0.1, 0.15) is 5.76 Å². The molecule has 118 valence electrons. The van der Waals surface area contributed by atoms with Crippen LogP contribution in [0.3, 0.4) is 0 Å². The molecule has 2 heterocycles. The predicted molar refractivity (Wildman–Crippen MR) is 87.4 cm³/mol. The number of nitrogens with one attached hydrogen (secondary N) is 1. The molecule has 0 saturated heterocycles. The van der Waals surface area contributed by atoms with E-state index in [1.54, 1.807) is 31.4 Å². The fourth-order valence-electron chi connectivity index (χ4n) is 2.05. The Morgan fingerprint density at radius 2 is 2.09 bits per heavy atom. The number of carbonyl (C=O) groups excluding carboxylic acids is 1. The monoisotopic (exact) mass is 330 g/mol. The van der Waals surface area contributed by atoms with Crippen LogP contribution in [0.2, 0.25) is 5.02 Å². The van der Waals surface area contributed by atoms with Gasteiger partial charge in [0.2, 0.25) is 11.9 Å². The summed E-state index contributed by atoms with van der Waals surface area (Å²) in [6, 6.07) is 10.8. The Labute approximate surface area is 138 Å². The second kappa shape index (κ2) is 6.66. The van der Waals surface area contributed by atoms with Crippen LogP contribution >= 0.6 is 11.6 Å². The quantitative estimate of drug-likeness (QED) is 0.769. The van der Waals surface area contributed by atoms with Gasteiger partial charge < -0.3 is 9.73 Å². The average molecular weight is 331 g/mol. The van der Waals surface area contributed by atoms with Gasteiger partial charge in [-0.3, -0.25) is 4.79 Å². The zero-order chi connectivity index (χ0) is 16.2. The molecular formula is C16H15ClN4O2. The van der Waals surface area contributed by atoms with E-state index in [9.17, 15) is 4.79 Å². The minimum atomic E-state index is -0.139. The highest BCUT2D eigenvalue weighted by Gasteiger charge is 2.16. The molecule has 3 rings (SSSR count). The van der Waals surface area contributed by atoms with Crippen LogP contribution in [0, 0.1) is 0 Å². The van der Waals surface area contributed by atoms with Crippen LogP contribution in [0.25, 0.3) is 11.4 Å². The Kier molecular flexibility index (Phi) is 4.43. The first-order chi connectivity index (χ1) is 11.2. The van der Waals surface area contributed by atoms with E-state index in [0.717, 1.165) is 11.3 Å². The van der Waals surface area contributed by atoms with Gasteiger partial charge in [0.25, 0.3) is 0 Å². The maximum atomic E-state index is 12.1. The molecule has 0 spiro atoms. The first kappa shape index (κ1) is 15.3. The summed E-state index contributed by atoms with van der Waals surface area (Å²) < 4.78 is 6.55. The Morgan fingerprint density at radius 1 is 1.30 bits per heavy atom. The van der Waals surface area contributed by atoms with E-state index in [-0.39, 0.29) is 5.91 Å². The topological polar surface area (TPSA) is 73.0 Å². The number of benzene rings is 1. The number of halogens is 1. The van der Waals surface area contributed by atoms with E-state index in [1.807, 2.05) is 18.2 Å². The normalized spacial score (nSPS) is 10.7. The zero-order valence-electron chi connectivity index (χ0n) is 12.5. The van der Waals surface area contributed by atoms with Gasteiger partial charge in [0.15, 0.2) is 5.82 Å². The molecule has 0 bridgehead atoms. The maximum absolute atomic E-state index is 12.1. The highest BCUT2D eigenvalue weighted by molar-refractivity contribution is 6.30. The molecule has 0 unspecified atom stereocenters. The Balaban J connectivity index is 1.90. The molecule has 0 amide bonds. The molecule has 0 atom stereocenters. The van der Waals surface area contributed by atoms with Crippen molar-refractivity contribution < 1.29 is 9.21 Å². The SMILES string of the molecule is CCC(=O)n1nc(-c2ccc(Cl)cc2)nc1NCc1ccco1.